The van der Waals surface area contributed by atoms with E-state index in [1.807, 2.05) is 6.92 Å². The van der Waals surface area contributed by atoms with Gasteiger partial charge < -0.3 is 10.3 Å². The molecule has 0 amide bonds. The summed E-state index contributed by atoms with van der Waals surface area (Å²) in [7, 11) is 0. The van der Waals surface area contributed by atoms with Crippen LogP contribution in [0.25, 0.3) is 0 Å². The Morgan fingerprint density at radius 3 is 2.53 bits per heavy atom. The van der Waals surface area contributed by atoms with Gasteiger partial charge in [-0.1, -0.05) is 26.2 Å². The third-order valence-corrected chi connectivity index (χ3v) is 4.05. The van der Waals surface area contributed by atoms with Crippen LogP contribution in [0.15, 0.2) is 0 Å². The van der Waals surface area contributed by atoms with Gasteiger partial charge in [0.1, 0.15) is 5.82 Å². The molecule has 1 atom stereocenters. The summed E-state index contributed by atoms with van der Waals surface area (Å²) < 4.78 is 2.29. The highest BCUT2D eigenvalue weighted by molar-refractivity contribution is 5.08. The zero-order valence-corrected chi connectivity index (χ0v) is 11.2. The van der Waals surface area contributed by atoms with E-state index in [9.17, 15) is 0 Å². The van der Waals surface area contributed by atoms with Crippen molar-refractivity contribution in [2.24, 2.45) is 5.73 Å². The van der Waals surface area contributed by atoms with Crippen molar-refractivity contribution in [3.8, 4) is 0 Å². The number of aromatic nitrogens is 3. The van der Waals surface area contributed by atoms with E-state index in [4.69, 9.17) is 5.73 Å². The Morgan fingerprint density at radius 2 is 1.94 bits per heavy atom. The molecule has 1 aromatic heterocycles. The second-order valence-corrected chi connectivity index (χ2v) is 5.50. The average Bonchev–Trinajstić information content (AvgIpc) is 2.73. The Bertz CT molecular complexity index is 375. The molecule has 4 heteroatoms. The summed E-state index contributed by atoms with van der Waals surface area (Å²) in [5.74, 6) is 1.97. The lowest BCUT2D eigenvalue weighted by Gasteiger charge is -2.30. The van der Waals surface area contributed by atoms with Crippen molar-refractivity contribution in [1.29, 1.82) is 0 Å². The van der Waals surface area contributed by atoms with Crippen LogP contribution in [-0.4, -0.2) is 14.8 Å². The van der Waals surface area contributed by atoms with Gasteiger partial charge in [0.15, 0.2) is 5.82 Å². The maximum atomic E-state index is 6.33. The molecular formula is C13H24N4. The molecule has 1 fully saturated rings. The van der Waals surface area contributed by atoms with E-state index in [-0.39, 0.29) is 5.54 Å². The van der Waals surface area contributed by atoms with Gasteiger partial charge in [0.05, 0.1) is 5.54 Å². The molecule has 1 aromatic rings. The predicted octanol–water partition coefficient (Wildman–Crippen LogP) is 2.68. The molecule has 2 rings (SSSR count). The molecule has 0 radical (unpaired) electrons. The summed E-state index contributed by atoms with van der Waals surface area (Å²) >= 11 is 0. The number of rotatable bonds is 3. The van der Waals surface area contributed by atoms with Gasteiger partial charge in [-0.05, 0) is 33.1 Å². The third kappa shape index (κ3) is 2.37. The summed E-state index contributed by atoms with van der Waals surface area (Å²) in [5.41, 5.74) is 5.97. The summed E-state index contributed by atoms with van der Waals surface area (Å²) in [5, 5.41) is 8.56. The van der Waals surface area contributed by atoms with Crippen LogP contribution < -0.4 is 5.73 Å². The van der Waals surface area contributed by atoms with Crippen molar-refractivity contribution >= 4 is 0 Å². The average molecular weight is 236 g/mol. The molecule has 0 aromatic carbocycles. The summed E-state index contributed by atoms with van der Waals surface area (Å²) in [6.45, 7) is 6.20. The highest BCUT2D eigenvalue weighted by Crippen LogP contribution is 2.32. The first-order valence-electron chi connectivity index (χ1n) is 6.77. The van der Waals surface area contributed by atoms with Crippen LogP contribution in [0.1, 0.15) is 70.1 Å². The highest BCUT2D eigenvalue weighted by Gasteiger charge is 2.30. The summed E-state index contributed by atoms with van der Waals surface area (Å²) in [4.78, 5) is 0. The summed E-state index contributed by atoms with van der Waals surface area (Å²) in [6.07, 6.45) is 7.36. The van der Waals surface area contributed by atoms with Crippen LogP contribution in [0.2, 0.25) is 0 Å². The number of aryl methyl sites for hydroxylation is 1. The van der Waals surface area contributed by atoms with Crippen molar-refractivity contribution < 1.29 is 0 Å². The molecule has 0 spiro atoms. The second kappa shape index (κ2) is 4.77. The Morgan fingerprint density at radius 1 is 1.29 bits per heavy atom. The van der Waals surface area contributed by atoms with Gasteiger partial charge in [0.2, 0.25) is 0 Å². The van der Waals surface area contributed by atoms with Crippen LogP contribution in [0.5, 0.6) is 0 Å². The van der Waals surface area contributed by atoms with Crippen LogP contribution in [0.3, 0.4) is 0 Å². The first kappa shape index (κ1) is 12.6. The molecule has 96 valence electrons. The fourth-order valence-electron chi connectivity index (χ4n) is 2.69. The number of hydrogen-bond donors (Lipinski definition) is 1. The van der Waals surface area contributed by atoms with Gasteiger partial charge in [-0.3, -0.25) is 0 Å². The number of nitrogens with zero attached hydrogens (tertiary/aromatic N) is 3. The third-order valence-electron chi connectivity index (χ3n) is 4.05. The topological polar surface area (TPSA) is 56.7 Å². The maximum Gasteiger partial charge on any atom is 0.153 e. The Hall–Kier alpha value is -0.900. The second-order valence-electron chi connectivity index (χ2n) is 5.50. The van der Waals surface area contributed by atoms with Gasteiger partial charge in [-0.2, -0.15) is 0 Å². The molecule has 0 aliphatic heterocycles. The molecule has 2 N–H and O–H groups in total. The SMILES string of the molecule is CCC(C)(N)c1nnc(C)n1C1CCCCC1. The van der Waals surface area contributed by atoms with E-state index in [0.29, 0.717) is 6.04 Å². The zero-order valence-electron chi connectivity index (χ0n) is 11.2. The summed E-state index contributed by atoms with van der Waals surface area (Å²) in [6, 6.07) is 0.558. The number of hydrogen-bond acceptors (Lipinski definition) is 3. The van der Waals surface area contributed by atoms with Crippen molar-refractivity contribution in [2.45, 2.75) is 70.9 Å². The Balaban J connectivity index is 2.35. The molecule has 1 aliphatic carbocycles. The van der Waals surface area contributed by atoms with Crippen LogP contribution >= 0.6 is 0 Å². The lowest BCUT2D eigenvalue weighted by atomic mass is 9.93. The fourth-order valence-corrected chi connectivity index (χ4v) is 2.69. The molecule has 0 bridgehead atoms. The van der Waals surface area contributed by atoms with E-state index < -0.39 is 0 Å². The van der Waals surface area contributed by atoms with Crippen molar-refractivity contribution in [3.63, 3.8) is 0 Å². The quantitative estimate of drug-likeness (QED) is 0.877. The zero-order chi connectivity index (χ0) is 12.5. The minimum absolute atomic E-state index is 0.362. The van der Waals surface area contributed by atoms with Gasteiger partial charge in [0, 0.05) is 6.04 Å². The van der Waals surface area contributed by atoms with Crippen LogP contribution in [0, 0.1) is 6.92 Å². The first-order valence-corrected chi connectivity index (χ1v) is 6.77. The standard InChI is InChI=1S/C13H24N4/c1-4-13(3,14)12-16-15-10(2)17(12)11-8-6-5-7-9-11/h11H,4-9,14H2,1-3H3. The van der Waals surface area contributed by atoms with Gasteiger partial charge >= 0.3 is 0 Å². The van der Waals surface area contributed by atoms with Crippen molar-refractivity contribution in [2.75, 3.05) is 0 Å². The van der Waals surface area contributed by atoms with E-state index >= 15 is 0 Å². The van der Waals surface area contributed by atoms with Crippen LogP contribution in [0.4, 0.5) is 0 Å². The maximum absolute atomic E-state index is 6.33. The molecule has 0 saturated heterocycles. The molecule has 1 saturated carbocycles. The minimum atomic E-state index is -0.362. The highest BCUT2D eigenvalue weighted by atomic mass is 15.3. The molecular weight excluding hydrogens is 212 g/mol. The smallest absolute Gasteiger partial charge is 0.153 e. The van der Waals surface area contributed by atoms with E-state index in [1.54, 1.807) is 0 Å². The lowest BCUT2D eigenvalue weighted by molar-refractivity contribution is 0.315. The molecule has 17 heavy (non-hydrogen) atoms. The van der Waals surface area contributed by atoms with E-state index in [0.717, 1.165) is 18.1 Å². The van der Waals surface area contributed by atoms with Gasteiger partial charge in [-0.25, -0.2) is 0 Å². The first-order chi connectivity index (χ1) is 8.06. The van der Waals surface area contributed by atoms with Gasteiger partial charge in [-0.15, -0.1) is 10.2 Å². The molecule has 1 heterocycles. The normalized spacial score (nSPS) is 21.4. The molecule has 1 unspecified atom stereocenters. The molecule has 1 aliphatic rings. The van der Waals surface area contributed by atoms with Crippen molar-refractivity contribution in [3.05, 3.63) is 11.6 Å². The van der Waals surface area contributed by atoms with E-state index in [2.05, 4.69) is 28.6 Å². The Kier molecular flexibility index (Phi) is 3.52. The Labute approximate surface area is 104 Å². The largest absolute Gasteiger partial charge is 0.319 e. The lowest BCUT2D eigenvalue weighted by Crippen LogP contribution is -2.36. The predicted molar refractivity (Wildman–Crippen MR) is 68.7 cm³/mol. The monoisotopic (exact) mass is 236 g/mol. The minimum Gasteiger partial charge on any atom is -0.319 e. The number of nitrogens with two attached hydrogens (primary N) is 1. The van der Waals surface area contributed by atoms with Crippen LogP contribution in [-0.2, 0) is 5.54 Å². The van der Waals surface area contributed by atoms with Crippen molar-refractivity contribution in [1.82, 2.24) is 14.8 Å². The van der Waals surface area contributed by atoms with Gasteiger partial charge in [0.25, 0.3) is 0 Å². The fraction of sp³-hybridized carbons (Fsp3) is 0.846. The molecule has 4 nitrogen and oxygen atoms in total. The van der Waals surface area contributed by atoms with E-state index in [1.165, 1.54) is 32.1 Å².